The first kappa shape index (κ1) is 10.1. The van der Waals surface area contributed by atoms with Gasteiger partial charge < -0.3 is 5.32 Å². The fourth-order valence-corrected chi connectivity index (χ4v) is 2.91. The predicted molar refractivity (Wildman–Crippen MR) is 63.2 cm³/mol. The molecule has 0 aliphatic carbocycles. The van der Waals surface area contributed by atoms with E-state index < -0.39 is 0 Å². The third kappa shape index (κ3) is 2.34. The number of halogens is 1. The zero-order valence-electron chi connectivity index (χ0n) is 8.03. The number of pyridine rings is 1. The molecule has 2 atom stereocenters. The average molecular weight is 229 g/mol. The first-order valence-electron chi connectivity index (χ1n) is 4.75. The largest absolute Gasteiger partial charge is 0.380 e. The minimum atomic E-state index is 0.546. The van der Waals surface area contributed by atoms with E-state index >= 15 is 0 Å². The lowest BCUT2D eigenvalue weighted by molar-refractivity contribution is 0.724. The highest BCUT2D eigenvalue weighted by atomic mass is 35.5. The van der Waals surface area contributed by atoms with Crippen molar-refractivity contribution in [3.63, 3.8) is 0 Å². The molecule has 1 aliphatic rings. The van der Waals surface area contributed by atoms with Crippen molar-refractivity contribution < 1.29 is 0 Å². The van der Waals surface area contributed by atoms with E-state index in [-0.39, 0.29) is 0 Å². The molecule has 0 amide bonds. The number of hydrogen-bond donors (Lipinski definition) is 1. The molecule has 2 heterocycles. The van der Waals surface area contributed by atoms with Gasteiger partial charge in [0.1, 0.15) is 5.15 Å². The average Bonchev–Trinajstić information content (AvgIpc) is 2.56. The highest BCUT2D eigenvalue weighted by Crippen LogP contribution is 2.28. The van der Waals surface area contributed by atoms with E-state index in [9.17, 15) is 0 Å². The lowest BCUT2D eigenvalue weighted by Gasteiger charge is -2.17. The van der Waals surface area contributed by atoms with E-state index in [4.69, 9.17) is 11.6 Å². The Morgan fingerprint density at radius 2 is 2.43 bits per heavy atom. The summed E-state index contributed by atoms with van der Waals surface area (Å²) in [5.74, 6) is 1.25. The molecule has 0 bridgehead atoms. The maximum atomic E-state index is 5.71. The number of anilines is 1. The molecule has 1 N–H and O–H groups in total. The molecular weight excluding hydrogens is 216 g/mol. The summed E-state index contributed by atoms with van der Waals surface area (Å²) in [6, 6.07) is 4.37. The van der Waals surface area contributed by atoms with E-state index in [1.807, 2.05) is 23.9 Å². The molecule has 0 aromatic carbocycles. The van der Waals surface area contributed by atoms with E-state index in [1.165, 1.54) is 12.2 Å². The van der Waals surface area contributed by atoms with Crippen LogP contribution in [0.1, 0.15) is 13.3 Å². The Balaban J connectivity index is 2.00. The summed E-state index contributed by atoms with van der Waals surface area (Å²) >= 11 is 7.73. The van der Waals surface area contributed by atoms with Gasteiger partial charge in [0, 0.05) is 11.3 Å². The molecule has 0 radical (unpaired) electrons. The van der Waals surface area contributed by atoms with Crippen molar-refractivity contribution >= 4 is 29.1 Å². The van der Waals surface area contributed by atoms with Crippen molar-refractivity contribution in [1.82, 2.24) is 4.98 Å². The van der Waals surface area contributed by atoms with Crippen LogP contribution in [0.5, 0.6) is 0 Å². The molecule has 14 heavy (non-hydrogen) atoms. The van der Waals surface area contributed by atoms with Gasteiger partial charge >= 0.3 is 0 Å². The highest BCUT2D eigenvalue weighted by Gasteiger charge is 2.23. The van der Waals surface area contributed by atoms with Gasteiger partial charge in [-0.3, -0.25) is 0 Å². The molecule has 1 aromatic heterocycles. The van der Waals surface area contributed by atoms with Gasteiger partial charge in [-0.25, -0.2) is 4.98 Å². The molecule has 0 spiro atoms. The van der Waals surface area contributed by atoms with Crippen LogP contribution in [0.25, 0.3) is 0 Å². The molecule has 1 aliphatic heterocycles. The summed E-state index contributed by atoms with van der Waals surface area (Å²) in [4.78, 5) is 4.04. The van der Waals surface area contributed by atoms with Gasteiger partial charge in [-0.05, 0) is 24.3 Å². The SMILES string of the molecule is CC1SCCC1Nc1ccc(Cl)nc1. The number of rotatable bonds is 2. The molecule has 2 unspecified atom stereocenters. The molecule has 1 aromatic rings. The Bertz CT molecular complexity index is 301. The van der Waals surface area contributed by atoms with Gasteiger partial charge in [0.05, 0.1) is 11.9 Å². The monoisotopic (exact) mass is 228 g/mol. The molecule has 2 nitrogen and oxygen atoms in total. The summed E-state index contributed by atoms with van der Waals surface area (Å²) in [5, 5.41) is 4.71. The Morgan fingerprint density at radius 1 is 1.57 bits per heavy atom. The fourth-order valence-electron chi connectivity index (χ4n) is 1.60. The van der Waals surface area contributed by atoms with Crippen LogP contribution in [0, 0.1) is 0 Å². The van der Waals surface area contributed by atoms with E-state index in [2.05, 4.69) is 17.2 Å². The smallest absolute Gasteiger partial charge is 0.129 e. The molecular formula is C10H13ClN2S. The van der Waals surface area contributed by atoms with Crippen molar-refractivity contribution in [3.05, 3.63) is 23.5 Å². The third-order valence-electron chi connectivity index (χ3n) is 2.46. The van der Waals surface area contributed by atoms with Crippen molar-refractivity contribution in [1.29, 1.82) is 0 Å². The topological polar surface area (TPSA) is 24.9 Å². The van der Waals surface area contributed by atoms with E-state index in [0.717, 1.165) is 5.69 Å². The molecule has 4 heteroatoms. The predicted octanol–water partition coefficient (Wildman–Crippen LogP) is 3.04. The van der Waals surface area contributed by atoms with E-state index in [0.29, 0.717) is 16.4 Å². The highest BCUT2D eigenvalue weighted by molar-refractivity contribution is 8.00. The first-order valence-corrected chi connectivity index (χ1v) is 6.18. The normalized spacial score (nSPS) is 26.4. The van der Waals surface area contributed by atoms with Crippen molar-refractivity contribution in [2.24, 2.45) is 0 Å². The lowest BCUT2D eigenvalue weighted by atomic mass is 10.1. The van der Waals surface area contributed by atoms with Gasteiger partial charge in [-0.1, -0.05) is 18.5 Å². The number of nitrogens with zero attached hydrogens (tertiary/aromatic N) is 1. The van der Waals surface area contributed by atoms with Crippen LogP contribution in [0.4, 0.5) is 5.69 Å². The van der Waals surface area contributed by atoms with Crippen LogP contribution in [0.2, 0.25) is 5.15 Å². The maximum Gasteiger partial charge on any atom is 0.129 e. The summed E-state index contributed by atoms with van der Waals surface area (Å²) in [7, 11) is 0. The Hall–Kier alpha value is -0.410. The third-order valence-corrected chi connectivity index (χ3v) is 4.00. The molecule has 1 fully saturated rings. The molecule has 2 rings (SSSR count). The number of aromatic nitrogens is 1. The number of hydrogen-bond acceptors (Lipinski definition) is 3. The van der Waals surface area contributed by atoms with Crippen LogP contribution < -0.4 is 5.32 Å². The second kappa shape index (κ2) is 4.41. The molecule has 0 saturated carbocycles. The zero-order valence-corrected chi connectivity index (χ0v) is 9.61. The first-order chi connectivity index (χ1) is 6.75. The van der Waals surface area contributed by atoms with Crippen LogP contribution >= 0.6 is 23.4 Å². The number of nitrogens with one attached hydrogen (secondary N) is 1. The Morgan fingerprint density at radius 3 is 3.00 bits per heavy atom. The summed E-state index contributed by atoms with van der Waals surface area (Å²) in [5.41, 5.74) is 1.06. The van der Waals surface area contributed by atoms with Gasteiger partial charge in [0.25, 0.3) is 0 Å². The molecule has 1 saturated heterocycles. The fraction of sp³-hybridized carbons (Fsp3) is 0.500. The van der Waals surface area contributed by atoms with Gasteiger partial charge in [0.2, 0.25) is 0 Å². The molecule has 76 valence electrons. The van der Waals surface area contributed by atoms with Gasteiger partial charge in [0.15, 0.2) is 0 Å². The van der Waals surface area contributed by atoms with Crippen LogP contribution in [-0.2, 0) is 0 Å². The van der Waals surface area contributed by atoms with Crippen molar-refractivity contribution in [2.45, 2.75) is 24.6 Å². The lowest BCUT2D eigenvalue weighted by Crippen LogP contribution is -2.24. The summed E-state index contributed by atoms with van der Waals surface area (Å²) in [6.07, 6.45) is 3.02. The second-order valence-corrected chi connectivity index (χ2v) is 5.36. The minimum Gasteiger partial charge on any atom is -0.380 e. The quantitative estimate of drug-likeness (QED) is 0.788. The van der Waals surface area contributed by atoms with Crippen molar-refractivity contribution in [3.8, 4) is 0 Å². The van der Waals surface area contributed by atoms with Crippen molar-refractivity contribution in [2.75, 3.05) is 11.1 Å². The maximum absolute atomic E-state index is 5.71. The van der Waals surface area contributed by atoms with Gasteiger partial charge in [-0.2, -0.15) is 11.8 Å². The van der Waals surface area contributed by atoms with Crippen LogP contribution in [-0.4, -0.2) is 22.0 Å². The number of thioether (sulfide) groups is 1. The van der Waals surface area contributed by atoms with Crippen LogP contribution in [0.15, 0.2) is 18.3 Å². The minimum absolute atomic E-state index is 0.546. The Labute approximate surface area is 93.4 Å². The standard InChI is InChI=1S/C10H13ClN2S/c1-7-9(4-5-14-7)13-8-2-3-10(11)12-6-8/h2-3,6-7,9,13H,4-5H2,1H3. The van der Waals surface area contributed by atoms with Gasteiger partial charge in [-0.15, -0.1) is 0 Å². The summed E-state index contributed by atoms with van der Waals surface area (Å²) in [6.45, 7) is 2.26. The van der Waals surface area contributed by atoms with E-state index in [1.54, 1.807) is 6.20 Å². The zero-order chi connectivity index (χ0) is 9.97. The summed E-state index contributed by atoms with van der Waals surface area (Å²) < 4.78 is 0. The second-order valence-electron chi connectivity index (χ2n) is 3.49. The Kier molecular flexibility index (Phi) is 3.19. The van der Waals surface area contributed by atoms with Crippen LogP contribution in [0.3, 0.4) is 0 Å².